The molecule has 2 aromatic heterocycles. The SMILES string of the molecule is O=C(c1sccc1S(=O)(=O)N1CCSCC1)N1CCN(c2ncccc2Cl)CC1. The van der Waals surface area contributed by atoms with E-state index in [1.54, 1.807) is 46.4 Å². The Morgan fingerprint density at radius 3 is 2.48 bits per heavy atom. The fourth-order valence-electron chi connectivity index (χ4n) is 3.46. The molecule has 2 aliphatic rings. The van der Waals surface area contributed by atoms with E-state index in [0.29, 0.717) is 55.0 Å². The molecule has 29 heavy (non-hydrogen) atoms. The highest BCUT2D eigenvalue weighted by molar-refractivity contribution is 7.99. The standard InChI is InChI=1S/C18H21ClN4O3S3/c19-14-2-1-4-20-17(14)21-5-7-22(8-6-21)18(24)16-15(3-11-28-16)29(25,26)23-9-12-27-13-10-23/h1-4,11H,5-10,12-13H2. The molecule has 0 aliphatic carbocycles. The van der Waals surface area contributed by atoms with Crippen LogP contribution in [0.2, 0.25) is 5.02 Å². The van der Waals surface area contributed by atoms with E-state index in [1.165, 1.54) is 15.6 Å². The van der Waals surface area contributed by atoms with Crippen LogP contribution in [0.5, 0.6) is 0 Å². The number of carbonyl (C=O) groups excluding carboxylic acids is 1. The van der Waals surface area contributed by atoms with Crippen LogP contribution in [0.25, 0.3) is 0 Å². The number of piperazine rings is 1. The van der Waals surface area contributed by atoms with Gasteiger partial charge in [0.2, 0.25) is 10.0 Å². The quantitative estimate of drug-likeness (QED) is 0.680. The summed E-state index contributed by atoms with van der Waals surface area (Å²) in [5.74, 6) is 2.05. The molecule has 0 unspecified atom stereocenters. The zero-order valence-corrected chi connectivity index (χ0v) is 18.9. The van der Waals surface area contributed by atoms with Gasteiger partial charge in [0.25, 0.3) is 5.91 Å². The molecule has 4 heterocycles. The second-order valence-electron chi connectivity index (χ2n) is 6.72. The molecule has 0 spiro atoms. The first-order valence-corrected chi connectivity index (χ1v) is 13.1. The van der Waals surface area contributed by atoms with E-state index in [0.717, 1.165) is 11.5 Å². The number of anilines is 1. The molecule has 0 saturated carbocycles. The van der Waals surface area contributed by atoms with E-state index in [4.69, 9.17) is 11.6 Å². The van der Waals surface area contributed by atoms with Gasteiger partial charge in [0.15, 0.2) is 0 Å². The number of hydrogen-bond donors (Lipinski definition) is 0. The normalized spacial score (nSPS) is 18.8. The maximum atomic E-state index is 13.1. The Labute approximate surface area is 183 Å². The van der Waals surface area contributed by atoms with Gasteiger partial charge in [-0.25, -0.2) is 13.4 Å². The van der Waals surface area contributed by atoms with Crippen LogP contribution in [0.4, 0.5) is 5.82 Å². The van der Waals surface area contributed by atoms with Crippen molar-refractivity contribution in [2.75, 3.05) is 55.7 Å². The minimum atomic E-state index is -3.65. The van der Waals surface area contributed by atoms with Crippen LogP contribution in [0.1, 0.15) is 9.67 Å². The molecular formula is C18H21ClN4O3S3. The van der Waals surface area contributed by atoms with Gasteiger partial charge in [-0.05, 0) is 23.6 Å². The Morgan fingerprint density at radius 2 is 1.79 bits per heavy atom. The van der Waals surface area contributed by atoms with Crippen LogP contribution >= 0.6 is 34.7 Å². The number of carbonyl (C=O) groups is 1. The topological polar surface area (TPSA) is 73.8 Å². The summed E-state index contributed by atoms with van der Waals surface area (Å²) in [5, 5.41) is 2.27. The number of amides is 1. The van der Waals surface area contributed by atoms with Gasteiger partial charge < -0.3 is 9.80 Å². The number of rotatable bonds is 4. The molecule has 0 aromatic carbocycles. The molecule has 0 N–H and O–H groups in total. The lowest BCUT2D eigenvalue weighted by Gasteiger charge is -2.35. The number of nitrogens with zero attached hydrogens (tertiary/aromatic N) is 4. The number of aromatic nitrogens is 1. The molecule has 7 nitrogen and oxygen atoms in total. The Kier molecular flexibility index (Phi) is 6.35. The monoisotopic (exact) mass is 472 g/mol. The van der Waals surface area contributed by atoms with Crippen molar-refractivity contribution in [3.05, 3.63) is 39.7 Å². The van der Waals surface area contributed by atoms with Crippen molar-refractivity contribution < 1.29 is 13.2 Å². The van der Waals surface area contributed by atoms with Gasteiger partial charge in [-0.1, -0.05) is 11.6 Å². The highest BCUT2D eigenvalue weighted by Gasteiger charge is 2.33. The van der Waals surface area contributed by atoms with E-state index >= 15 is 0 Å². The van der Waals surface area contributed by atoms with Gasteiger partial charge in [0.05, 0.1) is 5.02 Å². The maximum absolute atomic E-state index is 13.1. The predicted octanol–water partition coefficient (Wildman–Crippen LogP) is 2.50. The van der Waals surface area contributed by atoms with Crippen LogP contribution in [-0.2, 0) is 10.0 Å². The summed E-state index contributed by atoms with van der Waals surface area (Å²) in [7, 11) is -3.65. The first kappa shape index (κ1) is 20.9. The molecule has 0 radical (unpaired) electrons. The molecule has 156 valence electrons. The van der Waals surface area contributed by atoms with E-state index < -0.39 is 10.0 Å². The second kappa shape index (κ2) is 8.81. The van der Waals surface area contributed by atoms with Gasteiger partial charge in [0.1, 0.15) is 15.6 Å². The molecule has 1 amide bonds. The molecule has 4 rings (SSSR count). The van der Waals surface area contributed by atoms with Gasteiger partial charge in [-0.3, -0.25) is 4.79 Å². The van der Waals surface area contributed by atoms with Crippen molar-refractivity contribution in [1.82, 2.24) is 14.2 Å². The fourth-order valence-corrected chi connectivity index (χ4v) is 7.64. The van der Waals surface area contributed by atoms with Crippen molar-refractivity contribution >= 4 is 56.4 Å². The summed E-state index contributed by atoms with van der Waals surface area (Å²) in [6.45, 7) is 3.14. The van der Waals surface area contributed by atoms with Crippen LogP contribution < -0.4 is 4.90 Å². The van der Waals surface area contributed by atoms with Crippen molar-refractivity contribution in [3.63, 3.8) is 0 Å². The lowest BCUT2D eigenvalue weighted by Crippen LogP contribution is -2.49. The summed E-state index contributed by atoms with van der Waals surface area (Å²) in [5.41, 5.74) is 0. The Morgan fingerprint density at radius 1 is 1.07 bits per heavy atom. The fraction of sp³-hybridized carbons (Fsp3) is 0.444. The molecular weight excluding hydrogens is 452 g/mol. The number of hydrogen-bond acceptors (Lipinski definition) is 7. The maximum Gasteiger partial charge on any atom is 0.265 e. The Balaban J connectivity index is 1.48. The Hall–Kier alpha value is -1.33. The van der Waals surface area contributed by atoms with E-state index in [9.17, 15) is 13.2 Å². The van der Waals surface area contributed by atoms with E-state index in [-0.39, 0.29) is 10.8 Å². The molecule has 2 saturated heterocycles. The molecule has 2 aliphatic heterocycles. The second-order valence-corrected chi connectivity index (χ2v) is 11.2. The predicted molar refractivity (Wildman–Crippen MR) is 118 cm³/mol. The minimum absolute atomic E-state index is 0.134. The zero-order chi connectivity index (χ0) is 20.4. The molecule has 2 fully saturated rings. The molecule has 0 atom stereocenters. The smallest absolute Gasteiger partial charge is 0.265 e. The highest BCUT2D eigenvalue weighted by Crippen LogP contribution is 2.29. The van der Waals surface area contributed by atoms with Gasteiger partial charge in [-0.15, -0.1) is 11.3 Å². The first-order valence-electron chi connectivity index (χ1n) is 9.28. The number of pyridine rings is 1. The minimum Gasteiger partial charge on any atom is -0.352 e. The van der Waals surface area contributed by atoms with E-state index in [1.807, 2.05) is 4.90 Å². The van der Waals surface area contributed by atoms with Gasteiger partial charge in [0, 0.05) is 57.0 Å². The van der Waals surface area contributed by atoms with E-state index in [2.05, 4.69) is 4.98 Å². The molecule has 2 aromatic rings. The third-order valence-corrected chi connectivity index (χ3v) is 9.23. The first-order chi connectivity index (χ1) is 14.0. The van der Waals surface area contributed by atoms with Crippen LogP contribution in [0.15, 0.2) is 34.7 Å². The number of sulfonamides is 1. The van der Waals surface area contributed by atoms with Crippen LogP contribution in [0, 0.1) is 0 Å². The number of thioether (sulfide) groups is 1. The zero-order valence-electron chi connectivity index (χ0n) is 15.7. The van der Waals surface area contributed by atoms with Crippen molar-refractivity contribution in [1.29, 1.82) is 0 Å². The van der Waals surface area contributed by atoms with Gasteiger partial charge in [-0.2, -0.15) is 16.1 Å². The summed E-state index contributed by atoms with van der Waals surface area (Å²) in [4.78, 5) is 21.6. The molecule has 11 heteroatoms. The van der Waals surface area contributed by atoms with Crippen LogP contribution in [-0.4, -0.2) is 79.3 Å². The summed E-state index contributed by atoms with van der Waals surface area (Å²) < 4.78 is 27.6. The summed E-state index contributed by atoms with van der Waals surface area (Å²) in [6.07, 6.45) is 1.70. The van der Waals surface area contributed by atoms with Crippen molar-refractivity contribution in [2.24, 2.45) is 0 Å². The van der Waals surface area contributed by atoms with Crippen molar-refractivity contribution in [2.45, 2.75) is 4.90 Å². The Bertz CT molecular complexity index is 984. The van der Waals surface area contributed by atoms with Crippen molar-refractivity contribution in [3.8, 4) is 0 Å². The molecule has 0 bridgehead atoms. The average Bonchev–Trinajstić information content (AvgIpc) is 3.25. The number of thiophene rings is 1. The van der Waals surface area contributed by atoms with Gasteiger partial charge >= 0.3 is 0 Å². The summed E-state index contributed by atoms with van der Waals surface area (Å²) in [6, 6.07) is 5.13. The largest absolute Gasteiger partial charge is 0.352 e. The van der Waals surface area contributed by atoms with Crippen LogP contribution in [0.3, 0.4) is 0 Å². The third kappa shape index (κ3) is 4.27. The summed E-state index contributed by atoms with van der Waals surface area (Å²) >= 11 is 9.17. The lowest BCUT2D eigenvalue weighted by atomic mass is 10.3. The number of halogens is 1. The third-order valence-electron chi connectivity index (χ3n) is 5.02. The lowest BCUT2D eigenvalue weighted by molar-refractivity contribution is 0.0747. The average molecular weight is 473 g/mol. The highest BCUT2D eigenvalue weighted by atomic mass is 35.5.